The van der Waals surface area contributed by atoms with Crippen molar-refractivity contribution in [3.8, 4) is 0 Å². The van der Waals surface area contributed by atoms with E-state index in [1.54, 1.807) is 19.9 Å². The standard InChI is InChI=1S/C13H13N3O3S/c1-8-5-10(15-19-8)6-16-11(17)13(2,14-12(16)18)9-3-4-20-7-9/h3-5,7H,6H2,1-2H3,(H,14,18)/t13-/m1/s1. The first kappa shape index (κ1) is 12.9. The summed E-state index contributed by atoms with van der Waals surface area (Å²) in [6.07, 6.45) is 0. The average molecular weight is 291 g/mol. The first-order chi connectivity index (χ1) is 9.50. The van der Waals surface area contributed by atoms with Crippen LogP contribution in [0.3, 0.4) is 0 Å². The van der Waals surface area contributed by atoms with Crippen LogP contribution in [0.25, 0.3) is 0 Å². The monoisotopic (exact) mass is 291 g/mol. The van der Waals surface area contributed by atoms with Crippen molar-refractivity contribution in [3.63, 3.8) is 0 Å². The van der Waals surface area contributed by atoms with Crippen molar-refractivity contribution < 1.29 is 14.1 Å². The second kappa shape index (κ2) is 4.45. The summed E-state index contributed by atoms with van der Waals surface area (Å²) in [6.45, 7) is 3.59. The van der Waals surface area contributed by atoms with Crippen LogP contribution in [-0.4, -0.2) is 22.0 Å². The number of urea groups is 1. The maximum atomic E-state index is 12.5. The number of aromatic nitrogens is 1. The molecule has 7 heteroatoms. The van der Waals surface area contributed by atoms with E-state index in [1.807, 2.05) is 16.8 Å². The van der Waals surface area contributed by atoms with Crippen LogP contribution in [0.5, 0.6) is 0 Å². The normalized spacial score (nSPS) is 22.4. The van der Waals surface area contributed by atoms with E-state index in [-0.39, 0.29) is 12.5 Å². The van der Waals surface area contributed by atoms with E-state index >= 15 is 0 Å². The molecule has 3 heterocycles. The van der Waals surface area contributed by atoms with Gasteiger partial charge >= 0.3 is 6.03 Å². The van der Waals surface area contributed by atoms with E-state index in [1.165, 1.54) is 11.3 Å². The molecule has 2 aromatic heterocycles. The van der Waals surface area contributed by atoms with Gasteiger partial charge in [0.2, 0.25) is 0 Å². The molecule has 1 aliphatic rings. The number of imide groups is 1. The largest absolute Gasteiger partial charge is 0.361 e. The van der Waals surface area contributed by atoms with Gasteiger partial charge in [-0.15, -0.1) is 0 Å². The molecule has 0 radical (unpaired) electrons. The smallest absolute Gasteiger partial charge is 0.325 e. The molecule has 3 rings (SSSR count). The second-order valence-electron chi connectivity index (χ2n) is 4.89. The van der Waals surface area contributed by atoms with E-state index < -0.39 is 11.6 Å². The number of thiophene rings is 1. The fourth-order valence-corrected chi connectivity index (χ4v) is 3.00. The number of hydrogen-bond donors (Lipinski definition) is 1. The maximum absolute atomic E-state index is 12.5. The predicted octanol–water partition coefficient (Wildman–Crippen LogP) is 2.01. The highest BCUT2D eigenvalue weighted by atomic mass is 32.1. The molecule has 0 aromatic carbocycles. The lowest BCUT2D eigenvalue weighted by molar-refractivity contribution is -0.131. The number of hydrogen-bond acceptors (Lipinski definition) is 5. The van der Waals surface area contributed by atoms with Crippen LogP contribution < -0.4 is 5.32 Å². The summed E-state index contributed by atoms with van der Waals surface area (Å²) in [5.74, 6) is 0.370. The Morgan fingerprint density at radius 3 is 2.90 bits per heavy atom. The minimum atomic E-state index is -1.00. The molecule has 0 bridgehead atoms. The number of nitrogens with zero attached hydrogens (tertiary/aromatic N) is 2. The topological polar surface area (TPSA) is 75.4 Å². The summed E-state index contributed by atoms with van der Waals surface area (Å²) in [5.41, 5.74) is 0.343. The molecule has 1 saturated heterocycles. The number of amides is 3. The van der Waals surface area contributed by atoms with E-state index in [9.17, 15) is 9.59 Å². The fraction of sp³-hybridized carbons (Fsp3) is 0.308. The Morgan fingerprint density at radius 2 is 2.30 bits per heavy atom. The molecule has 1 atom stereocenters. The number of nitrogens with one attached hydrogen (secondary N) is 1. The first-order valence-corrected chi connectivity index (χ1v) is 7.04. The molecule has 104 valence electrons. The van der Waals surface area contributed by atoms with Gasteiger partial charge < -0.3 is 9.84 Å². The molecular formula is C13H13N3O3S. The summed E-state index contributed by atoms with van der Waals surface area (Å²) >= 11 is 1.49. The highest BCUT2D eigenvalue weighted by Crippen LogP contribution is 2.30. The van der Waals surface area contributed by atoms with Gasteiger partial charge in [0.15, 0.2) is 0 Å². The van der Waals surface area contributed by atoms with Gasteiger partial charge in [-0.1, -0.05) is 5.16 Å². The quantitative estimate of drug-likeness (QED) is 0.878. The zero-order valence-electron chi connectivity index (χ0n) is 11.0. The number of aryl methyl sites for hydroxylation is 1. The molecule has 0 saturated carbocycles. The second-order valence-corrected chi connectivity index (χ2v) is 5.67. The van der Waals surface area contributed by atoms with Crippen molar-refractivity contribution in [2.75, 3.05) is 0 Å². The predicted molar refractivity (Wildman–Crippen MR) is 72.0 cm³/mol. The van der Waals surface area contributed by atoms with Gasteiger partial charge in [0.1, 0.15) is 17.0 Å². The maximum Gasteiger partial charge on any atom is 0.325 e. The van der Waals surface area contributed by atoms with Crippen LogP contribution in [0.15, 0.2) is 27.4 Å². The van der Waals surface area contributed by atoms with Crippen LogP contribution in [0.1, 0.15) is 23.9 Å². The highest BCUT2D eigenvalue weighted by molar-refractivity contribution is 7.08. The molecule has 3 amide bonds. The molecule has 0 aliphatic carbocycles. The Hall–Kier alpha value is -2.15. The van der Waals surface area contributed by atoms with Gasteiger partial charge in [-0.25, -0.2) is 4.79 Å². The SMILES string of the molecule is Cc1cc(CN2C(=O)N[C@](C)(c3ccsc3)C2=O)no1. The molecule has 6 nitrogen and oxygen atoms in total. The van der Waals surface area contributed by atoms with Gasteiger partial charge in [0.05, 0.1) is 6.54 Å². The van der Waals surface area contributed by atoms with E-state index in [0.717, 1.165) is 10.5 Å². The molecule has 1 fully saturated rings. The Kier molecular flexibility index (Phi) is 2.86. The lowest BCUT2D eigenvalue weighted by Crippen LogP contribution is -2.40. The molecular weight excluding hydrogens is 278 g/mol. The third-order valence-corrected chi connectivity index (χ3v) is 4.05. The highest BCUT2D eigenvalue weighted by Gasteiger charge is 2.49. The van der Waals surface area contributed by atoms with Gasteiger partial charge in [-0.3, -0.25) is 9.69 Å². The van der Waals surface area contributed by atoms with Crippen LogP contribution >= 0.6 is 11.3 Å². The van der Waals surface area contributed by atoms with E-state index in [4.69, 9.17) is 4.52 Å². The zero-order valence-corrected chi connectivity index (χ0v) is 11.9. The van der Waals surface area contributed by atoms with Crippen LogP contribution in [0.2, 0.25) is 0 Å². The van der Waals surface area contributed by atoms with Gasteiger partial charge in [-0.05, 0) is 36.2 Å². The average Bonchev–Trinajstić information content (AvgIpc) is 3.09. The summed E-state index contributed by atoms with van der Waals surface area (Å²) < 4.78 is 4.95. The zero-order chi connectivity index (χ0) is 14.3. The molecule has 2 aromatic rings. The van der Waals surface area contributed by atoms with Gasteiger partial charge in [0, 0.05) is 6.07 Å². The van der Waals surface area contributed by atoms with Crippen molar-refractivity contribution in [1.29, 1.82) is 0 Å². The minimum absolute atomic E-state index is 0.113. The van der Waals surface area contributed by atoms with Crippen LogP contribution in [0.4, 0.5) is 4.79 Å². The summed E-state index contributed by atoms with van der Waals surface area (Å²) in [6, 6.07) is 3.14. The van der Waals surface area contributed by atoms with Gasteiger partial charge in [-0.2, -0.15) is 11.3 Å². The minimum Gasteiger partial charge on any atom is -0.361 e. The molecule has 0 unspecified atom stereocenters. The lowest BCUT2D eigenvalue weighted by Gasteiger charge is -2.20. The summed E-state index contributed by atoms with van der Waals surface area (Å²) in [7, 11) is 0. The Labute approximate surface area is 119 Å². The first-order valence-electron chi connectivity index (χ1n) is 6.09. The fourth-order valence-electron chi connectivity index (χ4n) is 2.24. The van der Waals surface area contributed by atoms with Crippen molar-refractivity contribution >= 4 is 23.3 Å². The number of rotatable bonds is 3. The molecule has 1 aliphatic heterocycles. The van der Waals surface area contributed by atoms with Crippen molar-refractivity contribution in [2.24, 2.45) is 0 Å². The molecule has 1 N–H and O–H groups in total. The Morgan fingerprint density at radius 1 is 1.50 bits per heavy atom. The lowest BCUT2D eigenvalue weighted by atomic mass is 9.95. The van der Waals surface area contributed by atoms with E-state index in [0.29, 0.717) is 11.5 Å². The van der Waals surface area contributed by atoms with Gasteiger partial charge in [0.25, 0.3) is 5.91 Å². The Bertz CT molecular complexity index is 664. The van der Waals surface area contributed by atoms with Crippen LogP contribution in [-0.2, 0) is 16.9 Å². The number of carbonyl (C=O) groups excluding carboxylic acids is 2. The molecule has 20 heavy (non-hydrogen) atoms. The molecule has 0 spiro atoms. The van der Waals surface area contributed by atoms with E-state index in [2.05, 4.69) is 10.5 Å². The third kappa shape index (κ3) is 1.90. The van der Waals surface area contributed by atoms with Crippen molar-refractivity contribution in [2.45, 2.75) is 25.9 Å². The number of carbonyl (C=O) groups is 2. The van der Waals surface area contributed by atoms with Crippen LogP contribution in [0, 0.1) is 6.92 Å². The van der Waals surface area contributed by atoms with Crippen molar-refractivity contribution in [1.82, 2.24) is 15.4 Å². The summed E-state index contributed by atoms with van der Waals surface area (Å²) in [5, 5.41) is 10.3. The summed E-state index contributed by atoms with van der Waals surface area (Å²) in [4.78, 5) is 25.7. The third-order valence-electron chi connectivity index (χ3n) is 3.37. The van der Waals surface area contributed by atoms with Crippen molar-refractivity contribution in [3.05, 3.63) is 39.9 Å². The Balaban J connectivity index is 1.87.